The van der Waals surface area contributed by atoms with Gasteiger partial charge in [-0.2, -0.15) is 0 Å². The summed E-state index contributed by atoms with van der Waals surface area (Å²) in [5.74, 6) is -0.735. The van der Waals surface area contributed by atoms with E-state index in [1.54, 1.807) is 26.0 Å². The molecule has 2 aromatic rings. The number of aryl methyl sites for hydroxylation is 2. The van der Waals surface area contributed by atoms with E-state index < -0.39 is 9.85 Å². The molecular weight excluding hydrogens is 380 g/mol. The molecule has 29 heavy (non-hydrogen) atoms. The Balaban J connectivity index is 1.87. The lowest BCUT2D eigenvalue weighted by Gasteiger charge is -2.09. The largest absolute Gasteiger partial charge is 0.326 e. The molecule has 0 saturated heterocycles. The molecule has 0 spiro atoms. The molecule has 0 atom stereocenters. The second-order valence-corrected chi connectivity index (χ2v) is 6.46. The van der Waals surface area contributed by atoms with Crippen molar-refractivity contribution in [3.63, 3.8) is 0 Å². The topological polar surface area (TPSA) is 144 Å². The van der Waals surface area contributed by atoms with Crippen LogP contribution in [0.2, 0.25) is 0 Å². The highest BCUT2D eigenvalue weighted by molar-refractivity contribution is 5.94. The number of carbonyl (C=O) groups is 2. The van der Waals surface area contributed by atoms with Crippen molar-refractivity contribution < 1.29 is 19.4 Å². The minimum atomic E-state index is -0.546. The van der Waals surface area contributed by atoms with Gasteiger partial charge in [-0.25, -0.2) is 0 Å². The fourth-order valence-corrected chi connectivity index (χ4v) is 2.55. The maximum Gasteiger partial charge on any atom is 0.271 e. The van der Waals surface area contributed by atoms with Crippen molar-refractivity contribution in [2.45, 2.75) is 33.1 Å². The second-order valence-electron chi connectivity index (χ2n) is 6.46. The molecule has 10 heteroatoms. The first kappa shape index (κ1) is 21.5. The summed E-state index contributed by atoms with van der Waals surface area (Å²) in [6.45, 7) is 3.43. The molecule has 2 rings (SSSR count). The molecule has 0 aliphatic rings. The Hall–Kier alpha value is -3.82. The van der Waals surface area contributed by atoms with E-state index in [9.17, 15) is 29.8 Å². The van der Waals surface area contributed by atoms with E-state index in [0.29, 0.717) is 22.5 Å². The van der Waals surface area contributed by atoms with Gasteiger partial charge in [0.15, 0.2) is 0 Å². The first-order chi connectivity index (χ1) is 13.7. The predicted molar refractivity (Wildman–Crippen MR) is 107 cm³/mol. The van der Waals surface area contributed by atoms with Crippen molar-refractivity contribution in [2.75, 3.05) is 10.6 Å². The molecule has 0 saturated carbocycles. The van der Waals surface area contributed by atoms with Gasteiger partial charge in [0.05, 0.1) is 21.2 Å². The first-order valence-electron chi connectivity index (χ1n) is 8.77. The molecule has 0 radical (unpaired) electrons. The molecule has 0 aromatic heterocycles. The predicted octanol–water partition coefficient (Wildman–Crippen LogP) is 3.87. The molecule has 2 N–H and O–H groups in total. The number of nitrogens with zero attached hydrogens (tertiary/aromatic N) is 2. The summed E-state index contributed by atoms with van der Waals surface area (Å²) in [6.07, 6.45) is 0.340. The van der Waals surface area contributed by atoms with E-state index in [2.05, 4.69) is 10.6 Å². The van der Waals surface area contributed by atoms with Gasteiger partial charge in [0.25, 0.3) is 11.4 Å². The maximum atomic E-state index is 12.1. The van der Waals surface area contributed by atoms with E-state index >= 15 is 0 Å². The molecule has 0 unspecified atom stereocenters. The monoisotopic (exact) mass is 400 g/mol. The number of hydrogen-bond acceptors (Lipinski definition) is 6. The summed E-state index contributed by atoms with van der Waals surface area (Å²) in [6, 6.07) is 8.36. The minimum Gasteiger partial charge on any atom is -0.326 e. The smallest absolute Gasteiger partial charge is 0.271 e. The molecule has 152 valence electrons. The molecule has 0 bridgehead atoms. The number of nitrogens with one attached hydrogen (secondary N) is 2. The van der Waals surface area contributed by atoms with Crippen molar-refractivity contribution in [3.8, 4) is 0 Å². The SMILES string of the molecule is Cc1ccc([N+](=O)[O-])cc1NC(=O)CCCC(=O)Nc1cc([N+](=O)[O-])ccc1C. The third-order valence-electron chi connectivity index (χ3n) is 4.22. The van der Waals surface area contributed by atoms with Crippen molar-refractivity contribution in [2.24, 2.45) is 0 Å². The van der Waals surface area contributed by atoms with Gasteiger partial charge in [-0.15, -0.1) is 0 Å². The molecular formula is C19H20N4O6. The molecule has 0 aliphatic carbocycles. The maximum absolute atomic E-state index is 12.1. The van der Waals surface area contributed by atoms with Crippen LogP contribution in [0.1, 0.15) is 30.4 Å². The Morgan fingerprint density at radius 3 is 1.52 bits per heavy atom. The third kappa shape index (κ3) is 6.09. The standard InChI is InChI=1S/C19H20N4O6/c1-12-6-8-14(22(26)27)10-16(12)20-18(24)4-3-5-19(25)21-17-11-15(23(28)29)9-7-13(17)2/h6-11H,3-5H2,1-2H3,(H,20,24)(H,21,25). The Labute approximate surface area is 166 Å². The molecule has 2 amide bonds. The van der Waals surface area contributed by atoms with Crippen molar-refractivity contribution in [1.82, 2.24) is 0 Å². The zero-order valence-corrected chi connectivity index (χ0v) is 15.9. The number of amides is 2. The van der Waals surface area contributed by atoms with E-state index in [0.717, 1.165) is 0 Å². The zero-order valence-electron chi connectivity index (χ0n) is 15.9. The normalized spacial score (nSPS) is 10.3. The van der Waals surface area contributed by atoms with Gasteiger partial charge in [-0.05, 0) is 31.4 Å². The van der Waals surface area contributed by atoms with Crippen molar-refractivity contribution in [1.29, 1.82) is 0 Å². The van der Waals surface area contributed by atoms with Gasteiger partial charge in [0.1, 0.15) is 0 Å². The van der Waals surface area contributed by atoms with Crippen LogP contribution in [0.3, 0.4) is 0 Å². The Morgan fingerprint density at radius 2 is 1.17 bits per heavy atom. The number of benzene rings is 2. The van der Waals surface area contributed by atoms with Crippen LogP contribution in [0, 0.1) is 34.1 Å². The summed E-state index contributed by atoms with van der Waals surface area (Å²) >= 11 is 0. The number of carbonyl (C=O) groups excluding carboxylic acids is 2. The Morgan fingerprint density at radius 1 is 0.793 bits per heavy atom. The average molecular weight is 400 g/mol. The zero-order chi connectivity index (χ0) is 21.6. The lowest BCUT2D eigenvalue weighted by Crippen LogP contribution is -2.16. The quantitative estimate of drug-likeness (QED) is 0.508. The van der Waals surface area contributed by atoms with Gasteiger partial charge in [-0.3, -0.25) is 29.8 Å². The van der Waals surface area contributed by atoms with Crippen LogP contribution in [-0.2, 0) is 9.59 Å². The van der Waals surface area contributed by atoms with E-state index in [1.165, 1.54) is 24.3 Å². The average Bonchev–Trinajstić information content (AvgIpc) is 2.65. The van der Waals surface area contributed by atoms with Crippen LogP contribution >= 0.6 is 0 Å². The molecule has 0 fully saturated rings. The number of nitro benzene ring substituents is 2. The van der Waals surface area contributed by atoms with Gasteiger partial charge >= 0.3 is 0 Å². The van der Waals surface area contributed by atoms with Crippen LogP contribution in [0.4, 0.5) is 22.7 Å². The molecule has 2 aromatic carbocycles. The summed E-state index contributed by atoms with van der Waals surface area (Å²) in [4.78, 5) is 44.7. The summed E-state index contributed by atoms with van der Waals surface area (Å²) in [7, 11) is 0. The molecule has 10 nitrogen and oxygen atoms in total. The van der Waals surface area contributed by atoms with E-state index in [1.807, 2.05) is 0 Å². The fraction of sp³-hybridized carbons (Fsp3) is 0.263. The fourth-order valence-electron chi connectivity index (χ4n) is 2.55. The van der Waals surface area contributed by atoms with Crippen LogP contribution in [-0.4, -0.2) is 21.7 Å². The number of nitro groups is 2. The molecule has 0 heterocycles. The van der Waals surface area contributed by atoms with Crippen LogP contribution in [0.15, 0.2) is 36.4 Å². The van der Waals surface area contributed by atoms with Gasteiger partial charge < -0.3 is 10.6 Å². The van der Waals surface area contributed by atoms with E-state index in [4.69, 9.17) is 0 Å². The second kappa shape index (κ2) is 9.40. The van der Waals surface area contributed by atoms with Crippen LogP contribution in [0.5, 0.6) is 0 Å². The number of hydrogen-bond donors (Lipinski definition) is 2. The van der Waals surface area contributed by atoms with Gasteiger partial charge in [-0.1, -0.05) is 12.1 Å². The number of rotatable bonds is 8. The van der Waals surface area contributed by atoms with Crippen LogP contribution < -0.4 is 10.6 Å². The Kier molecular flexibility index (Phi) is 6.96. The van der Waals surface area contributed by atoms with Gasteiger partial charge in [0.2, 0.25) is 11.8 Å². The summed E-state index contributed by atoms with van der Waals surface area (Å²) in [5, 5.41) is 26.9. The number of anilines is 2. The summed E-state index contributed by atoms with van der Waals surface area (Å²) < 4.78 is 0. The minimum absolute atomic E-state index is 0.0451. The first-order valence-corrected chi connectivity index (χ1v) is 8.77. The summed E-state index contributed by atoms with van der Waals surface area (Å²) in [5.41, 5.74) is 1.81. The highest BCUT2D eigenvalue weighted by atomic mass is 16.6. The lowest BCUT2D eigenvalue weighted by molar-refractivity contribution is -0.385. The lowest BCUT2D eigenvalue weighted by atomic mass is 10.1. The van der Waals surface area contributed by atoms with Crippen molar-refractivity contribution in [3.05, 3.63) is 67.8 Å². The van der Waals surface area contributed by atoms with Crippen LogP contribution in [0.25, 0.3) is 0 Å². The highest BCUT2D eigenvalue weighted by Crippen LogP contribution is 2.23. The highest BCUT2D eigenvalue weighted by Gasteiger charge is 2.13. The molecule has 0 aliphatic heterocycles. The number of non-ortho nitro benzene ring substituents is 2. The Bertz CT molecular complexity index is 896. The third-order valence-corrected chi connectivity index (χ3v) is 4.22. The van der Waals surface area contributed by atoms with Crippen molar-refractivity contribution >= 4 is 34.6 Å². The van der Waals surface area contributed by atoms with E-state index in [-0.39, 0.29) is 42.5 Å². The van der Waals surface area contributed by atoms with Gasteiger partial charge in [0, 0.05) is 37.1 Å².